The SMILES string of the molecule is CC(C)(C)Cc1ccc(-c2c[c-]c(-c3ccc(-c4ccc(CC(C)(C)C)cc4)cn3)cc2)cc1.Cc1ccc(-c2[c-]cc(C)c(-c3ccccc3)c2)nc1.Cc1ccc(-c2cc(-c3[c-]cccc3)ncc2C)c(C)c1.[Ir+3]. The van der Waals surface area contributed by atoms with Crippen molar-refractivity contribution in [2.45, 2.75) is 89.0 Å². The standard InChI is InChI=1S/C33H36N.C20H18N.C19H16N.Ir/c1-32(2,3)21-24-7-11-26(12-8-24)27-15-17-29(18-16-27)31-20-19-30(23-34-31)28-13-9-25(10-14-28)22-33(4,5)6;1-14-9-10-18(15(2)11-14)19-12-20(21-13-16(19)3)17-7-5-4-6-8-17;1-14-8-11-19(20-13-14)17-10-9-15(2)18(12-17)16-6-4-3-5-7-16;/h7-17,19-20,23H,21-22H2,1-6H3;4-7,9-13H,1-3H3;3-9,11-13H,1-2H3;/q3*-1;+3. The van der Waals surface area contributed by atoms with Crippen molar-refractivity contribution in [3.05, 3.63) is 258 Å². The first-order valence-corrected chi connectivity index (χ1v) is 26.1. The number of aromatic nitrogens is 3. The Morgan fingerprint density at radius 2 is 0.908 bits per heavy atom. The molecule has 0 unspecified atom stereocenters. The summed E-state index contributed by atoms with van der Waals surface area (Å²) in [5.74, 6) is 0. The van der Waals surface area contributed by atoms with E-state index >= 15 is 0 Å². The molecule has 0 atom stereocenters. The Labute approximate surface area is 468 Å². The van der Waals surface area contributed by atoms with Crippen molar-refractivity contribution in [1.82, 2.24) is 15.0 Å². The van der Waals surface area contributed by atoms with Gasteiger partial charge in [0.1, 0.15) is 0 Å². The maximum absolute atomic E-state index is 4.72. The first-order chi connectivity index (χ1) is 35.9. The molecule has 3 aromatic heterocycles. The quantitative estimate of drug-likeness (QED) is 0.135. The summed E-state index contributed by atoms with van der Waals surface area (Å²) in [4.78, 5) is 13.8. The van der Waals surface area contributed by atoms with Crippen molar-refractivity contribution in [2.24, 2.45) is 10.8 Å². The Balaban J connectivity index is 0.000000173. The van der Waals surface area contributed by atoms with Gasteiger partial charge in [0.25, 0.3) is 0 Å². The number of aryl methyl sites for hydroxylation is 5. The second kappa shape index (κ2) is 25.4. The molecular weight excluding hydrogens is 1100 g/mol. The van der Waals surface area contributed by atoms with Crippen molar-refractivity contribution in [2.75, 3.05) is 0 Å². The largest absolute Gasteiger partial charge is 3.00 e. The average molecular weight is 1170 g/mol. The normalized spacial score (nSPS) is 11.1. The minimum absolute atomic E-state index is 0. The molecule has 4 heteroatoms. The third kappa shape index (κ3) is 15.6. The molecule has 382 valence electrons. The van der Waals surface area contributed by atoms with Crippen LogP contribution < -0.4 is 0 Å². The van der Waals surface area contributed by atoms with Crippen LogP contribution in [-0.2, 0) is 32.9 Å². The average Bonchev–Trinajstić information content (AvgIpc) is 3.40. The molecule has 3 nitrogen and oxygen atoms in total. The van der Waals surface area contributed by atoms with E-state index in [1.54, 1.807) is 0 Å². The summed E-state index contributed by atoms with van der Waals surface area (Å²) >= 11 is 0. The summed E-state index contributed by atoms with van der Waals surface area (Å²) < 4.78 is 0. The predicted molar refractivity (Wildman–Crippen MR) is 317 cm³/mol. The van der Waals surface area contributed by atoms with Crippen LogP contribution in [0, 0.1) is 63.6 Å². The van der Waals surface area contributed by atoms with Crippen LogP contribution in [0.2, 0.25) is 0 Å². The molecule has 0 N–H and O–H groups in total. The zero-order valence-electron chi connectivity index (χ0n) is 46.1. The monoisotopic (exact) mass is 1170 g/mol. The number of nitrogens with zero attached hydrogens (tertiary/aromatic N) is 3. The van der Waals surface area contributed by atoms with Gasteiger partial charge in [-0.1, -0.05) is 198 Å². The maximum Gasteiger partial charge on any atom is 3.00 e. The van der Waals surface area contributed by atoms with Crippen LogP contribution in [0.15, 0.2) is 201 Å². The molecule has 0 bridgehead atoms. The topological polar surface area (TPSA) is 38.7 Å². The van der Waals surface area contributed by atoms with E-state index in [1.165, 1.54) is 77.9 Å². The number of pyridine rings is 3. The zero-order valence-corrected chi connectivity index (χ0v) is 48.5. The van der Waals surface area contributed by atoms with Crippen LogP contribution in [0.1, 0.15) is 80.5 Å². The molecule has 0 fully saturated rings. The molecular formula is C72H70IrN3. The van der Waals surface area contributed by atoms with E-state index in [0.29, 0.717) is 10.8 Å². The minimum Gasteiger partial charge on any atom is -0.304 e. The van der Waals surface area contributed by atoms with Gasteiger partial charge in [0.15, 0.2) is 0 Å². The Hall–Kier alpha value is -7.36. The second-order valence-electron chi connectivity index (χ2n) is 22.3. The molecule has 0 amide bonds. The van der Waals surface area contributed by atoms with Gasteiger partial charge in [-0.05, 0) is 124 Å². The van der Waals surface area contributed by atoms with E-state index in [9.17, 15) is 0 Å². The maximum atomic E-state index is 4.72. The fourth-order valence-electron chi connectivity index (χ4n) is 9.24. The van der Waals surface area contributed by atoms with Crippen LogP contribution in [0.4, 0.5) is 0 Å². The van der Waals surface area contributed by atoms with Gasteiger partial charge in [0, 0.05) is 18.6 Å². The Bertz CT molecular complexity index is 3320. The van der Waals surface area contributed by atoms with E-state index in [0.717, 1.165) is 52.2 Å². The first kappa shape index (κ1) is 56.4. The molecule has 0 radical (unpaired) electrons. The van der Waals surface area contributed by atoms with Crippen LogP contribution in [-0.4, -0.2) is 15.0 Å². The summed E-state index contributed by atoms with van der Waals surface area (Å²) in [6.07, 6.45) is 7.97. The van der Waals surface area contributed by atoms with Gasteiger partial charge >= 0.3 is 20.1 Å². The number of rotatable bonds is 9. The summed E-state index contributed by atoms with van der Waals surface area (Å²) in [7, 11) is 0. The molecule has 0 saturated carbocycles. The van der Waals surface area contributed by atoms with Crippen LogP contribution in [0.25, 0.3) is 78.3 Å². The molecule has 0 aliphatic heterocycles. The summed E-state index contributed by atoms with van der Waals surface area (Å²) in [6, 6.07) is 73.8. The van der Waals surface area contributed by atoms with Gasteiger partial charge in [-0.15, -0.1) is 95.1 Å². The van der Waals surface area contributed by atoms with E-state index in [4.69, 9.17) is 4.98 Å². The van der Waals surface area contributed by atoms with Crippen molar-refractivity contribution in [3.63, 3.8) is 0 Å². The van der Waals surface area contributed by atoms with E-state index in [1.807, 2.05) is 68.0 Å². The molecule has 0 aliphatic rings. The van der Waals surface area contributed by atoms with Gasteiger partial charge < -0.3 is 15.0 Å². The fourth-order valence-corrected chi connectivity index (χ4v) is 9.24. The summed E-state index contributed by atoms with van der Waals surface area (Å²) in [5, 5.41) is 0. The van der Waals surface area contributed by atoms with Gasteiger partial charge in [-0.25, -0.2) is 0 Å². The van der Waals surface area contributed by atoms with Gasteiger partial charge in [0.2, 0.25) is 0 Å². The van der Waals surface area contributed by atoms with Crippen molar-refractivity contribution in [1.29, 1.82) is 0 Å². The second-order valence-corrected chi connectivity index (χ2v) is 22.3. The molecule has 10 rings (SSSR count). The Kier molecular flexibility index (Phi) is 18.9. The Morgan fingerprint density at radius 1 is 0.355 bits per heavy atom. The van der Waals surface area contributed by atoms with E-state index in [-0.39, 0.29) is 20.1 Å². The molecule has 10 aromatic rings. The number of benzene rings is 7. The third-order valence-corrected chi connectivity index (χ3v) is 13.1. The fraction of sp³-hybridized carbons (Fsp3) is 0.208. The van der Waals surface area contributed by atoms with Crippen LogP contribution in [0.5, 0.6) is 0 Å². The minimum atomic E-state index is 0. The molecule has 3 heterocycles. The number of hydrogen-bond acceptors (Lipinski definition) is 3. The Morgan fingerprint density at radius 3 is 1.47 bits per heavy atom. The van der Waals surface area contributed by atoms with Crippen molar-refractivity contribution >= 4 is 0 Å². The predicted octanol–water partition coefficient (Wildman–Crippen LogP) is 19.0. The molecule has 0 aliphatic carbocycles. The van der Waals surface area contributed by atoms with E-state index in [2.05, 4.69) is 237 Å². The molecule has 0 spiro atoms. The zero-order chi connectivity index (χ0) is 53.1. The molecule has 76 heavy (non-hydrogen) atoms. The van der Waals surface area contributed by atoms with Crippen molar-refractivity contribution in [3.8, 4) is 78.3 Å². The summed E-state index contributed by atoms with van der Waals surface area (Å²) in [5.41, 5.74) is 25.2. The molecule has 0 saturated heterocycles. The van der Waals surface area contributed by atoms with E-state index < -0.39 is 0 Å². The van der Waals surface area contributed by atoms with Crippen molar-refractivity contribution < 1.29 is 20.1 Å². The summed E-state index contributed by atoms with van der Waals surface area (Å²) in [6.45, 7) is 24.2. The van der Waals surface area contributed by atoms with Gasteiger partial charge in [-0.2, -0.15) is 0 Å². The third-order valence-electron chi connectivity index (χ3n) is 13.1. The van der Waals surface area contributed by atoms with Crippen LogP contribution >= 0.6 is 0 Å². The van der Waals surface area contributed by atoms with Crippen LogP contribution in [0.3, 0.4) is 0 Å². The first-order valence-electron chi connectivity index (χ1n) is 26.1. The molecule has 7 aromatic carbocycles. The van der Waals surface area contributed by atoms with Gasteiger partial charge in [0.05, 0.1) is 0 Å². The smallest absolute Gasteiger partial charge is 0.304 e. The number of hydrogen-bond donors (Lipinski definition) is 0. The van der Waals surface area contributed by atoms with Gasteiger partial charge in [-0.3, -0.25) is 0 Å².